The summed E-state index contributed by atoms with van der Waals surface area (Å²) in [6, 6.07) is 0.455. The lowest BCUT2D eigenvalue weighted by Crippen LogP contribution is -2.38. The van der Waals surface area contributed by atoms with Gasteiger partial charge in [0.05, 0.1) is 0 Å². The second-order valence-electron chi connectivity index (χ2n) is 4.65. The van der Waals surface area contributed by atoms with Crippen LogP contribution in [0.5, 0.6) is 0 Å². The minimum absolute atomic E-state index is 0.354. The quantitative estimate of drug-likeness (QED) is 0.881. The predicted molar refractivity (Wildman–Crippen MR) is 70.4 cm³/mol. The molecule has 0 amide bonds. The van der Waals surface area contributed by atoms with E-state index in [0.29, 0.717) is 16.9 Å². The summed E-state index contributed by atoms with van der Waals surface area (Å²) >= 11 is 6.17. The number of rotatable bonds is 3. The molecule has 2 heterocycles. The summed E-state index contributed by atoms with van der Waals surface area (Å²) in [6.07, 6.45) is 3.80. The van der Waals surface area contributed by atoms with Gasteiger partial charge in [-0.1, -0.05) is 11.6 Å². The average molecular weight is 256 g/mol. The van der Waals surface area contributed by atoms with Crippen molar-refractivity contribution in [1.82, 2.24) is 14.9 Å². The van der Waals surface area contributed by atoms with Crippen LogP contribution in [-0.4, -0.2) is 48.1 Å². The highest BCUT2D eigenvalue weighted by molar-refractivity contribution is 6.35. The van der Waals surface area contributed by atoms with Crippen molar-refractivity contribution in [2.45, 2.75) is 18.9 Å². The Labute approximate surface area is 107 Å². The molecular formula is C11H18ClN5. The van der Waals surface area contributed by atoms with Gasteiger partial charge < -0.3 is 15.5 Å². The summed E-state index contributed by atoms with van der Waals surface area (Å²) in [5.41, 5.74) is 5.71. The van der Waals surface area contributed by atoms with Crippen LogP contribution in [0, 0.1) is 0 Å². The summed E-state index contributed by atoms with van der Waals surface area (Å²) in [5.74, 6) is 1.12. The van der Waals surface area contributed by atoms with Gasteiger partial charge in [-0.25, -0.2) is 9.97 Å². The highest BCUT2D eigenvalue weighted by Crippen LogP contribution is 2.32. The third-order valence-electron chi connectivity index (χ3n) is 3.02. The number of aromatic nitrogens is 2. The van der Waals surface area contributed by atoms with Crippen LogP contribution in [0.1, 0.15) is 12.8 Å². The van der Waals surface area contributed by atoms with Crippen LogP contribution in [0.15, 0.2) is 6.33 Å². The Morgan fingerprint density at radius 2 is 2.29 bits per heavy atom. The molecule has 2 N–H and O–H groups in total. The van der Waals surface area contributed by atoms with E-state index in [0.717, 1.165) is 18.9 Å². The Hall–Kier alpha value is -1.07. The minimum Gasteiger partial charge on any atom is -0.382 e. The second-order valence-corrected chi connectivity index (χ2v) is 5.03. The molecule has 1 aromatic heterocycles. The summed E-state index contributed by atoms with van der Waals surface area (Å²) in [7, 11) is 4.15. The number of hydrogen-bond donors (Lipinski definition) is 1. The number of likely N-dealkylation sites (N-methyl/N-ethyl adjacent to an activating group) is 1. The number of nitrogen functional groups attached to an aromatic ring is 1. The van der Waals surface area contributed by atoms with Gasteiger partial charge in [0.2, 0.25) is 0 Å². The Kier molecular flexibility index (Phi) is 3.69. The molecule has 6 heteroatoms. The van der Waals surface area contributed by atoms with Gasteiger partial charge in [0, 0.05) is 19.1 Å². The molecule has 94 valence electrons. The van der Waals surface area contributed by atoms with Crippen molar-refractivity contribution in [3.05, 3.63) is 11.3 Å². The number of nitrogens with zero attached hydrogens (tertiary/aromatic N) is 4. The zero-order valence-corrected chi connectivity index (χ0v) is 11.0. The molecule has 0 bridgehead atoms. The van der Waals surface area contributed by atoms with Crippen LogP contribution < -0.4 is 10.6 Å². The first-order valence-corrected chi connectivity index (χ1v) is 6.14. The molecular weight excluding hydrogens is 238 g/mol. The van der Waals surface area contributed by atoms with Crippen molar-refractivity contribution in [3.8, 4) is 0 Å². The molecule has 2 rings (SSSR count). The average Bonchev–Trinajstić information content (AvgIpc) is 2.69. The zero-order valence-electron chi connectivity index (χ0n) is 10.2. The Balaban J connectivity index is 2.23. The van der Waals surface area contributed by atoms with Crippen LogP contribution in [0.3, 0.4) is 0 Å². The smallest absolute Gasteiger partial charge is 0.153 e. The van der Waals surface area contributed by atoms with Crippen molar-refractivity contribution in [2.75, 3.05) is 37.8 Å². The lowest BCUT2D eigenvalue weighted by Gasteiger charge is -2.28. The summed E-state index contributed by atoms with van der Waals surface area (Å²) in [6.45, 7) is 1.98. The van der Waals surface area contributed by atoms with E-state index in [9.17, 15) is 0 Å². The van der Waals surface area contributed by atoms with Crippen molar-refractivity contribution in [2.24, 2.45) is 0 Å². The van der Waals surface area contributed by atoms with Crippen molar-refractivity contribution in [1.29, 1.82) is 0 Å². The highest BCUT2D eigenvalue weighted by atomic mass is 35.5. The second kappa shape index (κ2) is 5.06. The monoisotopic (exact) mass is 255 g/mol. The van der Waals surface area contributed by atoms with Gasteiger partial charge in [0.15, 0.2) is 5.82 Å². The molecule has 1 unspecified atom stereocenters. The molecule has 1 aliphatic heterocycles. The molecule has 1 saturated heterocycles. The molecule has 0 aliphatic carbocycles. The third-order valence-corrected chi connectivity index (χ3v) is 3.39. The van der Waals surface area contributed by atoms with E-state index in [1.165, 1.54) is 19.2 Å². The molecule has 0 spiro atoms. The minimum atomic E-state index is 0.354. The summed E-state index contributed by atoms with van der Waals surface area (Å²) < 4.78 is 0. The van der Waals surface area contributed by atoms with E-state index in [4.69, 9.17) is 17.3 Å². The standard InChI is InChI=1S/C11H18ClN5/c1-16(2)6-8-4-3-5-17(8)11-9(12)10(13)14-7-15-11/h7-8H,3-6H2,1-2H3,(H2,13,14,15). The maximum Gasteiger partial charge on any atom is 0.153 e. The maximum absolute atomic E-state index is 6.17. The van der Waals surface area contributed by atoms with Crippen LogP contribution in [-0.2, 0) is 0 Å². The molecule has 0 aromatic carbocycles. The third kappa shape index (κ3) is 2.61. The summed E-state index contributed by atoms with van der Waals surface area (Å²) in [4.78, 5) is 12.6. The van der Waals surface area contributed by atoms with Crippen LogP contribution in [0.4, 0.5) is 11.6 Å². The fourth-order valence-electron chi connectivity index (χ4n) is 2.30. The van der Waals surface area contributed by atoms with Crippen LogP contribution in [0.25, 0.3) is 0 Å². The van der Waals surface area contributed by atoms with E-state index in [-0.39, 0.29) is 0 Å². The van der Waals surface area contributed by atoms with Gasteiger partial charge >= 0.3 is 0 Å². The Morgan fingerprint density at radius 3 is 3.00 bits per heavy atom. The van der Waals surface area contributed by atoms with E-state index >= 15 is 0 Å². The van der Waals surface area contributed by atoms with Crippen molar-refractivity contribution in [3.63, 3.8) is 0 Å². The number of nitrogens with two attached hydrogens (primary N) is 1. The van der Waals surface area contributed by atoms with E-state index in [2.05, 4.69) is 33.9 Å². The van der Waals surface area contributed by atoms with Crippen LogP contribution in [0.2, 0.25) is 5.02 Å². The topological polar surface area (TPSA) is 58.3 Å². The lowest BCUT2D eigenvalue weighted by molar-refractivity contribution is 0.371. The van der Waals surface area contributed by atoms with Gasteiger partial charge in [-0.05, 0) is 26.9 Å². The van der Waals surface area contributed by atoms with Gasteiger partial charge in [0.1, 0.15) is 17.2 Å². The van der Waals surface area contributed by atoms with Gasteiger partial charge in [-0.15, -0.1) is 0 Å². The SMILES string of the molecule is CN(C)CC1CCCN1c1ncnc(N)c1Cl. The van der Waals surface area contributed by atoms with Crippen LogP contribution >= 0.6 is 11.6 Å². The lowest BCUT2D eigenvalue weighted by atomic mass is 10.2. The maximum atomic E-state index is 6.17. The number of hydrogen-bond acceptors (Lipinski definition) is 5. The molecule has 17 heavy (non-hydrogen) atoms. The number of halogens is 1. The van der Waals surface area contributed by atoms with E-state index in [1.807, 2.05) is 0 Å². The molecule has 1 fully saturated rings. The summed E-state index contributed by atoms with van der Waals surface area (Å²) in [5, 5.41) is 0.471. The highest BCUT2D eigenvalue weighted by Gasteiger charge is 2.28. The normalized spacial score (nSPS) is 20.2. The fourth-order valence-corrected chi connectivity index (χ4v) is 2.51. The van der Waals surface area contributed by atoms with E-state index < -0.39 is 0 Å². The van der Waals surface area contributed by atoms with Crippen molar-refractivity contribution < 1.29 is 0 Å². The fraction of sp³-hybridized carbons (Fsp3) is 0.636. The van der Waals surface area contributed by atoms with Gasteiger partial charge in [-0.2, -0.15) is 0 Å². The Morgan fingerprint density at radius 1 is 1.53 bits per heavy atom. The van der Waals surface area contributed by atoms with Gasteiger partial charge in [0.25, 0.3) is 0 Å². The first-order valence-electron chi connectivity index (χ1n) is 5.77. The molecule has 1 aromatic rings. The first-order chi connectivity index (χ1) is 8.09. The van der Waals surface area contributed by atoms with E-state index in [1.54, 1.807) is 0 Å². The molecule has 0 saturated carbocycles. The predicted octanol–water partition coefficient (Wildman–Crippen LogP) is 1.24. The molecule has 1 aliphatic rings. The van der Waals surface area contributed by atoms with Gasteiger partial charge in [-0.3, -0.25) is 0 Å². The number of anilines is 2. The first kappa shape index (κ1) is 12.4. The largest absolute Gasteiger partial charge is 0.382 e. The Bertz CT molecular complexity index is 395. The molecule has 0 radical (unpaired) electrons. The zero-order chi connectivity index (χ0) is 12.4. The molecule has 5 nitrogen and oxygen atoms in total. The molecule has 1 atom stereocenters. The van der Waals surface area contributed by atoms with Crippen molar-refractivity contribution >= 4 is 23.2 Å².